The van der Waals surface area contributed by atoms with Gasteiger partial charge in [-0.05, 0) is 32.1 Å². The Morgan fingerprint density at radius 3 is 2.44 bits per heavy atom. The second-order valence-corrected chi connectivity index (χ2v) is 4.20. The highest BCUT2D eigenvalue weighted by Gasteiger charge is 2.14. The summed E-state index contributed by atoms with van der Waals surface area (Å²) in [6.45, 7) is 3.64. The van der Waals surface area contributed by atoms with Gasteiger partial charge in [-0.3, -0.25) is 10.5 Å². The molecule has 1 unspecified atom stereocenters. The van der Waals surface area contributed by atoms with Crippen molar-refractivity contribution in [3.8, 4) is 0 Å². The third kappa shape index (κ3) is 4.93. The Balaban J connectivity index is 2.51. The Hall–Kier alpha value is -1.94. The quantitative estimate of drug-likeness (QED) is 0.491. The van der Waals surface area contributed by atoms with Gasteiger partial charge in [0.25, 0.3) is 0 Å². The molecule has 0 aliphatic rings. The van der Waals surface area contributed by atoms with Gasteiger partial charge in [-0.1, -0.05) is 23.8 Å². The molecule has 0 fully saturated rings. The van der Waals surface area contributed by atoms with Crippen molar-refractivity contribution in [2.24, 2.45) is 5.73 Å². The van der Waals surface area contributed by atoms with Gasteiger partial charge in [0.2, 0.25) is 0 Å². The number of ether oxygens (including phenoxy) is 1. The van der Waals surface area contributed by atoms with Crippen LogP contribution in [0, 0.1) is 0 Å². The molecular weight excluding hydrogens is 230 g/mol. The van der Waals surface area contributed by atoms with Crippen molar-refractivity contribution in [1.82, 2.24) is 0 Å². The third-order valence-corrected chi connectivity index (χ3v) is 2.12. The molecule has 1 aromatic rings. The minimum absolute atomic E-state index is 0.0102. The number of carbonyl (C=O) groups is 2. The maximum atomic E-state index is 11.6. The summed E-state index contributed by atoms with van der Waals surface area (Å²) in [6.07, 6.45) is 0.556. The lowest BCUT2D eigenvalue weighted by Crippen LogP contribution is -2.29. The van der Waals surface area contributed by atoms with Gasteiger partial charge in [0.15, 0.2) is 12.0 Å². The smallest absolute Gasteiger partial charge is 0.339 e. The van der Waals surface area contributed by atoms with E-state index in [0.717, 1.165) is 5.57 Å². The van der Waals surface area contributed by atoms with Crippen molar-refractivity contribution in [2.45, 2.75) is 26.5 Å². The largest absolute Gasteiger partial charge is 0.443 e. The molecule has 0 saturated heterocycles. The fourth-order valence-corrected chi connectivity index (χ4v) is 1.40. The predicted molar refractivity (Wildman–Crippen MR) is 68.9 cm³/mol. The van der Waals surface area contributed by atoms with E-state index in [9.17, 15) is 9.59 Å². The molecule has 1 rings (SSSR count). The molecule has 0 aliphatic heterocycles. The molecule has 0 heterocycles. The maximum absolute atomic E-state index is 11.6. The first kappa shape index (κ1) is 14.1. The standard InChI is InChI=1S/C14H17NO3/c1-10(2)8-12(16)9-13(15)18-14(17)11-6-4-3-5-7-11/h3-8,13H,9,15H2,1-2H3. The van der Waals surface area contributed by atoms with Crippen molar-refractivity contribution in [2.75, 3.05) is 0 Å². The van der Waals surface area contributed by atoms with Crippen LogP contribution in [0.4, 0.5) is 0 Å². The molecule has 0 aromatic heterocycles. The first-order chi connectivity index (χ1) is 8.49. The van der Waals surface area contributed by atoms with Crippen LogP contribution in [0.3, 0.4) is 0 Å². The SMILES string of the molecule is CC(C)=CC(=O)CC(N)OC(=O)c1ccccc1. The van der Waals surface area contributed by atoms with Crippen LogP contribution in [-0.2, 0) is 9.53 Å². The Morgan fingerprint density at radius 1 is 1.28 bits per heavy atom. The minimum atomic E-state index is -0.916. The maximum Gasteiger partial charge on any atom is 0.339 e. The van der Waals surface area contributed by atoms with Gasteiger partial charge in [-0.2, -0.15) is 0 Å². The number of rotatable bonds is 5. The lowest BCUT2D eigenvalue weighted by Gasteiger charge is -2.11. The predicted octanol–water partition coefficient (Wildman–Crippen LogP) is 2.05. The van der Waals surface area contributed by atoms with E-state index in [1.165, 1.54) is 6.08 Å². The van der Waals surface area contributed by atoms with Crippen LogP contribution in [0.15, 0.2) is 42.0 Å². The van der Waals surface area contributed by atoms with Crippen molar-refractivity contribution in [3.63, 3.8) is 0 Å². The Kier molecular flexibility index (Phi) is 5.27. The fourth-order valence-electron chi connectivity index (χ4n) is 1.40. The monoisotopic (exact) mass is 247 g/mol. The first-order valence-corrected chi connectivity index (χ1v) is 5.68. The summed E-state index contributed by atoms with van der Waals surface area (Å²) in [6, 6.07) is 8.53. The zero-order valence-electron chi connectivity index (χ0n) is 10.6. The van der Waals surface area contributed by atoms with Crippen LogP contribution in [0.25, 0.3) is 0 Å². The second-order valence-electron chi connectivity index (χ2n) is 4.20. The molecule has 0 spiro atoms. The summed E-state index contributed by atoms with van der Waals surface area (Å²) in [4.78, 5) is 23.1. The van der Waals surface area contributed by atoms with E-state index in [1.807, 2.05) is 13.8 Å². The topological polar surface area (TPSA) is 69.4 Å². The Bertz CT molecular complexity index is 447. The van der Waals surface area contributed by atoms with E-state index in [-0.39, 0.29) is 12.2 Å². The minimum Gasteiger partial charge on any atom is -0.443 e. The van der Waals surface area contributed by atoms with E-state index in [0.29, 0.717) is 5.56 Å². The zero-order valence-corrected chi connectivity index (χ0v) is 10.6. The van der Waals surface area contributed by atoms with Gasteiger partial charge in [0.1, 0.15) is 0 Å². The second kappa shape index (κ2) is 6.71. The van der Waals surface area contributed by atoms with Crippen molar-refractivity contribution >= 4 is 11.8 Å². The molecule has 0 amide bonds. The van der Waals surface area contributed by atoms with Crippen LogP contribution in [-0.4, -0.2) is 18.0 Å². The summed E-state index contributed by atoms with van der Waals surface area (Å²) in [7, 11) is 0. The van der Waals surface area contributed by atoms with Crippen molar-refractivity contribution in [1.29, 1.82) is 0 Å². The van der Waals surface area contributed by atoms with Gasteiger partial charge in [-0.25, -0.2) is 4.79 Å². The van der Waals surface area contributed by atoms with E-state index < -0.39 is 12.2 Å². The van der Waals surface area contributed by atoms with Crippen molar-refractivity contribution < 1.29 is 14.3 Å². The normalized spacial score (nSPS) is 11.5. The van der Waals surface area contributed by atoms with Crippen LogP contribution >= 0.6 is 0 Å². The first-order valence-electron chi connectivity index (χ1n) is 5.68. The molecule has 0 radical (unpaired) electrons. The van der Waals surface area contributed by atoms with E-state index in [2.05, 4.69) is 0 Å². The molecular formula is C14H17NO3. The number of hydrogen-bond acceptors (Lipinski definition) is 4. The van der Waals surface area contributed by atoms with E-state index in [4.69, 9.17) is 10.5 Å². The molecule has 1 atom stereocenters. The van der Waals surface area contributed by atoms with Crippen LogP contribution in [0.2, 0.25) is 0 Å². The fraction of sp³-hybridized carbons (Fsp3) is 0.286. The zero-order chi connectivity index (χ0) is 13.5. The number of carbonyl (C=O) groups excluding carboxylic acids is 2. The van der Waals surface area contributed by atoms with Gasteiger partial charge in [0, 0.05) is 0 Å². The molecule has 1 aromatic carbocycles. The average Bonchev–Trinajstić information content (AvgIpc) is 2.28. The molecule has 18 heavy (non-hydrogen) atoms. The summed E-state index contributed by atoms with van der Waals surface area (Å²) in [5.41, 5.74) is 6.90. The Morgan fingerprint density at radius 2 is 1.89 bits per heavy atom. The molecule has 0 saturated carbocycles. The molecule has 96 valence electrons. The molecule has 0 bridgehead atoms. The van der Waals surface area contributed by atoms with Gasteiger partial charge < -0.3 is 4.74 Å². The van der Waals surface area contributed by atoms with Crippen LogP contribution in [0.1, 0.15) is 30.6 Å². The number of allylic oxidation sites excluding steroid dienone is 2. The number of ketones is 1. The summed E-state index contributed by atoms with van der Waals surface area (Å²) in [5.74, 6) is -0.670. The average molecular weight is 247 g/mol. The van der Waals surface area contributed by atoms with Gasteiger partial charge in [0.05, 0.1) is 12.0 Å². The lowest BCUT2D eigenvalue weighted by molar-refractivity contribution is -0.116. The van der Waals surface area contributed by atoms with Gasteiger partial charge in [-0.15, -0.1) is 0 Å². The number of benzene rings is 1. The van der Waals surface area contributed by atoms with Gasteiger partial charge >= 0.3 is 5.97 Å². The van der Waals surface area contributed by atoms with E-state index >= 15 is 0 Å². The molecule has 2 N–H and O–H groups in total. The highest BCUT2D eigenvalue weighted by atomic mass is 16.6. The van der Waals surface area contributed by atoms with Crippen LogP contribution in [0.5, 0.6) is 0 Å². The summed E-state index contributed by atoms with van der Waals surface area (Å²) < 4.78 is 4.98. The third-order valence-electron chi connectivity index (χ3n) is 2.12. The molecule has 4 nitrogen and oxygen atoms in total. The Labute approximate surface area is 106 Å². The van der Waals surface area contributed by atoms with E-state index in [1.54, 1.807) is 30.3 Å². The summed E-state index contributed by atoms with van der Waals surface area (Å²) >= 11 is 0. The highest BCUT2D eigenvalue weighted by molar-refractivity contribution is 5.92. The summed E-state index contributed by atoms with van der Waals surface area (Å²) in [5, 5.41) is 0. The van der Waals surface area contributed by atoms with Crippen LogP contribution < -0.4 is 5.73 Å². The molecule has 0 aliphatic carbocycles. The molecule has 4 heteroatoms. The number of nitrogens with two attached hydrogens (primary N) is 1. The highest BCUT2D eigenvalue weighted by Crippen LogP contribution is 2.04. The van der Waals surface area contributed by atoms with Crippen molar-refractivity contribution in [3.05, 3.63) is 47.5 Å². The number of hydrogen-bond donors (Lipinski definition) is 1. The lowest BCUT2D eigenvalue weighted by atomic mass is 10.2. The number of esters is 1.